The fourth-order valence-corrected chi connectivity index (χ4v) is 3.17. The first-order chi connectivity index (χ1) is 8.44. The Labute approximate surface area is 109 Å². The van der Waals surface area contributed by atoms with Crippen LogP contribution in [0.3, 0.4) is 0 Å². The summed E-state index contributed by atoms with van der Waals surface area (Å²) in [5, 5.41) is 10.5. The van der Waals surface area contributed by atoms with Crippen LogP contribution in [0.1, 0.15) is 39.0 Å². The van der Waals surface area contributed by atoms with Crippen molar-refractivity contribution in [2.75, 3.05) is 14.2 Å². The molecule has 0 bridgehead atoms. The van der Waals surface area contributed by atoms with Crippen LogP contribution in [0, 0.1) is 5.92 Å². The average molecular weight is 256 g/mol. The van der Waals surface area contributed by atoms with Crippen molar-refractivity contribution >= 4 is 5.97 Å². The number of ether oxygens (including phenoxy) is 2. The van der Waals surface area contributed by atoms with Crippen molar-refractivity contribution in [3.63, 3.8) is 0 Å². The zero-order chi connectivity index (χ0) is 13.8. The third kappa shape index (κ3) is 2.59. The fraction of sp³-hybridized carbons (Fsp3) is 0.786. The Bertz CT molecular complexity index is 311. The topological polar surface area (TPSA) is 55.8 Å². The molecule has 0 amide bonds. The molecule has 18 heavy (non-hydrogen) atoms. The third-order valence-corrected chi connectivity index (χ3v) is 4.15. The highest BCUT2D eigenvalue weighted by atomic mass is 16.5. The van der Waals surface area contributed by atoms with Crippen molar-refractivity contribution < 1.29 is 19.4 Å². The summed E-state index contributed by atoms with van der Waals surface area (Å²) < 4.78 is 10.4. The van der Waals surface area contributed by atoms with E-state index in [-0.39, 0.29) is 5.92 Å². The molecule has 0 aromatic rings. The molecular weight excluding hydrogens is 232 g/mol. The van der Waals surface area contributed by atoms with Crippen LogP contribution in [-0.4, -0.2) is 36.5 Å². The predicted octanol–water partition coefficient (Wildman–Crippen LogP) is 2.06. The quantitative estimate of drug-likeness (QED) is 0.604. The zero-order valence-corrected chi connectivity index (χ0v) is 11.6. The number of esters is 1. The summed E-state index contributed by atoms with van der Waals surface area (Å²) in [6.45, 7) is 5.27. The van der Waals surface area contributed by atoms with Crippen LogP contribution in [0.2, 0.25) is 0 Å². The van der Waals surface area contributed by atoms with E-state index in [0.717, 1.165) is 25.7 Å². The second-order valence-corrected chi connectivity index (χ2v) is 5.20. The lowest BCUT2D eigenvalue weighted by atomic mass is 9.66. The van der Waals surface area contributed by atoms with Gasteiger partial charge in [0.25, 0.3) is 0 Å². The van der Waals surface area contributed by atoms with Crippen molar-refractivity contribution in [3.05, 3.63) is 12.7 Å². The average Bonchev–Trinajstić information content (AvgIpc) is 2.38. The highest BCUT2D eigenvalue weighted by Crippen LogP contribution is 2.45. The molecular formula is C14H24O4. The van der Waals surface area contributed by atoms with Crippen LogP contribution < -0.4 is 0 Å². The van der Waals surface area contributed by atoms with Crippen molar-refractivity contribution in [2.24, 2.45) is 5.92 Å². The Balaban J connectivity index is 3.07. The molecule has 0 radical (unpaired) electrons. The summed E-state index contributed by atoms with van der Waals surface area (Å²) in [6.07, 6.45) is 6.02. The van der Waals surface area contributed by atoms with Gasteiger partial charge in [0, 0.05) is 13.0 Å². The van der Waals surface area contributed by atoms with Gasteiger partial charge in [0.05, 0.1) is 12.7 Å². The summed E-state index contributed by atoms with van der Waals surface area (Å²) in [5.74, 6) is -0.867. The summed E-state index contributed by atoms with van der Waals surface area (Å²) in [7, 11) is 2.93. The van der Waals surface area contributed by atoms with Crippen LogP contribution in [-0.2, 0) is 14.3 Å². The summed E-state index contributed by atoms with van der Waals surface area (Å²) in [6, 6.07) is 0. The van der Waals surface area contributed by atoms with E-state index in [4.69, 9.17) is 9.47 Å². The Kier molecular flexibility index (Phi) is 4.93. The number of carbonyl (C=O) groups is 1. The van der Waals surface area contributed by atoms with Gasteiger partial charge in [0.1, 0.15) is 0 Å². The van der Waals surface area contributed by atoms with Gasteiger partial charge >= 0.3 is 5.97 Å². The van der Waals surface area contributed by atoms with Gasteiger partial charge in [-0.25, -0.2) is 4.79 Å². The molecule has 4 heteroatoms. The van der Waals surface area contributed by atoms with E-state index < -0.39 is 17.2 Å². The van der Waals surface area contributed by atoms with Gasteiger partial charge in [-0.15, -0.1) is 6.58 Å². The first kappa shape index (κ1) is 15.2. The second kappa shape index (κ2) is 5.85. The summed E-state index contributed by atoms with van der Waals surface area (Å²) in [4.78, 5) is 11.8. The molecule has 3 atom stereocenters. The van der Waals surface area contributed by atoms with Crippen molar-refractivity contribution in [1.29, 1.82) is 0 Å². The largest absolute Gasteiger partial charge is 0.467 e. The highest BCUT2D eigenvalue weighted by molar-refractivity contribution is 5.79. The molecule has 104 valence electrons. The molecule has 0 spiro atoms. The molecule has 0 aromatic heterocycles. The summed E-state index contributed by atoms with van der Waals surface area (Å²) >= 11 is 0. The van der Waals surface area contributed by atoms with Crippen LogP contribution in [0.4, 0.5) is 0 Å². The molecule has 0 aliphatic heterocycles. The van der Waals surface area contributed by atoms with Crippen molar-refractivity contribution in [1.82, 2.24) is 0 Å². The van der Waals surface area contributed by atoms with E-state index in [1.807, 2.05) is 0 Å². The lowest BCUT2D eigenvalue weighted by molar-refractivity contribution is -0.190. The Morgan fingerprint density at radius 1 is 1.56 bits per heavy atom. The number of rotatable bonds is 5. The van der Waals surface area contributed by atoms with Crippen LogP contribution >= 0.6 is 0 Å². The molecule has 1 N–H and O–H groups in total. The number of aliphatic hydroxyl groups is 1. The SMILES string of the molecule is C=CCC1(OC)CCCCC1[C@](C)(O)C(=O)OC. The molecule has 2 unspecified atom stereocenters. The van der Waals surface area contributed by atoms with Crippen LogP contribution in [0.5, 0.6) is 0 Å². The predicted molar refractivity (Wildman–Crippen MR) is 69.2 cm³/mol. The number of carbonyl (C=O) groups excluding carboxylic acids is 1. The number of hydrogen-bond acceptors (Lipinski definition) is 4. The maximum Gasteiger partial charge on any atom is 0.337 e. The fourth-order valence-electron chi connectivity index (χ4n) is 3.17. The Morgan fingerprint density at radius 3 is 2.72 bits per heavy atom. The van der Waals surface area contributed by atoms with Crippen molar-refractivity contribution in [3.8, 4) is 0 Å². The van der Waals surface area contributed by atoms with Gasteiger partial charge in [-0.05, 0) is 26.2 Å². The van der Waals surface area contributed by atoms with Gasteiger partial charge in [0.2, 0.25) is 0 Å². The molecule has 0 heterocycles. The van der Waals surface area contributed by atoms with Gasteiger partial charge < -0.3 is 14.6 Å². The number of hydrogen-bond donors (Lipinski definition) is 1. The zero-order valence-electron chi connectivity index (χ0n) is 11.6. The van der Waals surface area contributed by atoms with E-state index in [0.29, 0.717) is 6.42 Å². The van der Waals surface area contributed by atoms with Gasteiger partial charge in [-0.2, -0.15) is 0 Å². The number of methoxy groups -OCH3 is 2. The normalized spacial score (nSPS) is 31.4. The van der Waals surface area contributed by atoms with E-state index in [1.165, 1.54) is 14.0 Å². The maximum atomic E-state index is 11.8. The van der Waals surface area contributed by atoms with E-state index in [9.17, 15) is 9.90 Å². The second-order valence-electron chi connectivity index (χ2n) is 5.20. The molecule has 1 aliphatic rings. The minimum Gasteiger partial charge on any atom is -0.467 e. The van der Waals surface area contributed by atoms with Crippen LogP contribution in [0.25, 0.3) is 0 Å². The van der Waals surface area contributed by atoms with Gasteiger partial charge in [-0.3, -0.25) is 0 Å². The first-order valence-electron chi connectivity index (χ1n) is 6.41. The minimum atomic E-state index is -1.52. The van der Waals surface area contributed by atoms with Crippen LogP contribution in [0.15, 0.2) is 12.7 Å². The maximum absolute atomic E-state index is 11.8. The summed E-state index contributed by atoms with van der Waals surface area (Å²) in [5.41, 5.74) is -2.04. The molecule has 1 aliphatic carbocycles. The molecule has 1 fully saturated rings. The third-order valence-electron chi connectivity index (χ3n) is 4.15. The Hall–Kier alpha value is -0.870. The molecule has 0 aromatic carbocycles. The van der Waals surface area contributed by atoms with E-state index >= 15 is 0 Å². The first-order valence-corrected chi connectivity index (χ1v) is 6.41. The standard InChI is InChI=1S/C14H24O4/c1-5-9-14(18-4)10-7-6-8-11(14)13(2,16)12(15)17-3/h5,11,16H,1,6-10H2,2-4H3/t11?,13-,14?/m0/s1. The minimum absolute atomic E-state index is 0.269. The lowest BCUT2D eigenvalue weighted by Crippen LogP contribution is -2.57. The monoisotopic (exact) mass is 256 g/mol. The molecule has 1 saturated carbocycles. The smallest absolute Gasteiger partial charge is 0.337 e. The van der Waals surface area contributed by atoms with Gasteiger partial charge in [0.15, 0.2) is 5.60 Å². The molecule has 4 nitrogen and oxygen atoms in total. The highest BCUT2D eigenvalue weighted by Gasteiger charge is 2.53. The van der Waals surface area contributed by atoms with E-state index in [2.05, 4.69) is 6.58 Å². The molecule has 1 rings (SSSR count). The van der Waals surface area contributed by atoms with Crippen molar-refractivity contribution in [2.45, 2.75) is 50.2 Å². The van der Waals surface area contributed by atoms with E-state index in [1.54, 1.807) is 13.2 Å². The van der Waals surface area contributed by atoms with Gasteiger partial charge in [-0.1, -0.05) is 18.9 Å². The Morgan fingerprint density at radius 2 is 2.22 bits per heavy atom. The lowest BCUT2D eigenvalue weighted by Gasteiger charge is -2.47. The molecule has 0 saturated heterocycles.